The minimum atomic E-state index is 0.142. The van der Waals surface area contributed by atoms with Crippen LogP contribution in [0.25, 0.3) is 0 Å². The van der Waals surface area contributed by atoms with Gasteiger partial charge in [0.1, 0.15) is 0 Å². The molecular weight excluding hydrogens is 142 g/mol. The molecule has 3 nitrogen and oxygen atoms in total. The number of allylic oxidation sites excluding steroid dienone is 3. The molecule has 0 aromatic rings. The highest BCUT2D eigenvalue weighted by molar-refractivity contribution is 5.99. The minimum Gasteiger partial charge on any atom is -0.383 e. The molecule has 0 rings (SSSR count). The Morgan fingerprint density at radius 2 is 1.73 bits per heavy atom. The van der Waals surface area contributed by atoms with Crippen molar-refractivity contribution in [2.75, 3.05) is 14.1 Å². The van der Waals surface area contributed by atoms with Crippen molar-refractivity contribution in [3.05, 3.63) is 23.9 Å². The molecule has 0 spiro atoms. The van der Waals surface area contributed by atoms with Gasteiger partial charge in [-0.2, -0.15) is 0 Å². The molecule has 0 unspecified atom stereocenters. The van der Waals surface area contributed by atoms with Crippen LogP contribution in [0.5, 0.6) is 0 Å². The Balaban J connectivity index is 4.08. The average Bonchev–Trinajstić information content (AvgIpc) is 1.98. The summed E-state index contributed by atoms with van der Waals surface area (Å²) in [5.74, 6) is 0. The molecule has 0 aliphatic rings. The molecule has 0 saturated carbocycles. The van der Waals surface area contributed by atoms with E-state index in [-0.39, 0.29) is 5.57 Å². The summed E-state index contributed by atoms with van der Waals surface area (Å²) in [4.78, 5) is 21.9. The third-order valence-electron chi connectivity index (χ3n) is 0.945. The van der Waals surface area contributed by atoms with E-state index in [2.05, 4.69) is 0 Å². The summed E-state index contributed by atoms with van der Waals surface area (Å²) in [6.45, 7) is 0. The molecule has 11 heavy (non-hydrogen) atoms. The van der Waals surface area contributed by atoms with Gasteiger partial charge in [-0.15, -0.1) is 0 Å². The lowest BCUT2D eigenvalue weighted by atomic mass is 10.3. The van der Waals surface area contributed by atoms with Crippen LogP contribution in [-0.2, 0) is 9.59 Å². The Morgan fingerprint density at radius 3 is 2.09 bits per heavy atom. The smallest absolute Gasteiger partial charge is 0.153 e. The highest BCUT2D eigenvalue weighted by Crippen LogP contribution is 1.86. The molecule has 0 aliphatic heterocycles. The summed E-state index contributed by atoms with van der Waals surface area (Å²) < 4.78 is 0. The van der Waals surface area contributed by atoms with Crippen LogP contribution >= 0.6 is 0 Å². The topological polar surface area (TPSA) is 37.4 Å². The van der Waals surface area contributed by atoms with Crippen LogP contribution in [-0.4, -0.2) is 31.6 Å². The van der Waals surface area contributed by atoms with Crippen molar-refractivity contribution in [3.8, 4) is 0 Å². The van der Waals surface area contributed by atoms with E-state index in [9.17, 15) is 9.59 Å². The first-order chi connectivity index (χ1) is 5.20. The quantitative estimate of drug-likeness (QED) is 0.193. The van der Waals surface area contributed by atoms with E-state index in [1.54, 1.807) is 12.3 Å². The number of hydrogen-bond donors (Lipinski definition) is 0. The molecule has 0 radical (unpaired) electrons. The highest BCUT2D eigenvalue weighted by Gasteiger charge is 1.85. The first-order valence-corrected chi connectivity index (χ1v) is 3.16. The Labute approximate surface area is 66.0 Å². The summed E-state index contributed by atoms with van der Waals surface area (Å²) in [7, 11) is 3.71. The van der Waals surface area contributed by atoms with E-state index in [4.69, 9.17) is 0 Å². The maximum atomic E-state index is 10.1. The Morgan fingerprint density at radius 1 is 1.18 bits per heavy atom. The first kappa shape index (κ1) is 9.62. The molecule has 0 aliphatic carbocycles. The van der Waals surface area contributed by atoms with Crippen LogP contribution in [0.4, 0.5) is 0 Å². The third kappa shape index (κ3) is 5.08. The van der Waals surface area contributed by atoms with E-state index in [1.807, 2.05) is 19.0 Å². The van der Waals surface area contributed by atoms with Gasteiger partial charge in [-0.3, -0.25) is 9.59 Å². The maximum absolute atomic E-state index is 10.1. The van der Waals surface area contributed by atoms with Gasteiger partial charge in [-0.1, -0.05) is 0 Å². The molecule has 0 heterocycles. The fraction of sp³-hybridized carbons (Fsp3) is 0.250. The Hall–Kier alpha value is -1.38. The molecule has 0 saturated heterocycles. The van der Waals surface area contributed by atoms with Crippen molar-refractivity contribution >= 4 is 12.6 Å². The Kier molecular flexibility index (Phi) is 4.73. The van der Waals surface area contributed by atoms with Crippen molar-refractivity contribution in [2.24, 2.45) is 0 Å². The lowest BCUT2D eigenvalue weighted by Crippen LogP contribution is -1.99. The van der Waals surface area contributed by atoms with Gasteiger partial charge >= 0.3 is 0 Å². The van der Waals surface area contributed by atoms with Gasteiger partial charge in [0.25, 0.3) is 0 Å². The normalized spacial score (nSPS) is 9.27. The molecule has 0 amide bonds. The fourth-order valence-corrected chi connectivity index (χ4v) is 0.433. The second-order valence-electron chi connectivity index (χ2n) is 2.21. The van der Waals surface area contributed by atoms with Crippen molar-refractivity contribution in [1.29, 1.82) is 0 Å². The van der Waals surface area contributed by atoms with E-state index in [1.165, 1.54) is 6.08 Å². The van der Waals surface area contributed by atoms with Crippen molar-refractivity contribution in [3.63, 3.8) is 0 Å². The standard InChI is InChI=1S/C8H11NO2/c1-9(2)5-3-4-8(6-10)7-11/h3-7H,1-2H3/b5-3+. The minimum absolute atomic E-state index is 0.142. The number of hydrogen-bond acceptors (Lipinski definition) is 3. The number of nitrogens with zero attached hydrogens (tertiary/aromatic N) is 1. The fourth-order valence-electron chi connectivity index (χ4n) is 0.433. The van der Waals surface area contributed by atoms with E-state index in [0.717, 1.165) is 0 Å². The number of aldehydes is 2. The van der Waals surface area contributed by atoms with Gasteiger partial charge in [-0.05, 0) is 18.4 Å². The number of carbonyl (C=O) groups is 2. The maximum Gasteiger partial charge on any atom is 0.153 e. The number of rotatable bonds is 4. The van der Waals surface area contributed by atoms with Crippen LogP contribution in [0.2, 0.25) is 0 Å². The molecule has 60 valence electrons. The molecule has 0 bridgehead atoms. The third-order valence-corrected chi connectivity index (χ3v) is 0.945. The first-order valence-electron chi connectivity index (χ1n) is 3.16. The van der Waals surface area contributed by atoms with Gasteiger partial charge in [0, 0.05) is 14.1 Å². The van der Waals surface area contributed by atoms with Gasteiger partial charge in [0.05, 0.1) is 5.57 Å². The van der Waals surface area contributed by atoms with Gasteiger partial charge < -0.3 is 4.90 Å². The second-order valence-corrected chi connectivity index (χ2v) is 2.21. The summed E-state index contributed by atoms with van der Waals surface area (Å²) in [6, 6.07) is 0. The van der Waals surface area contributed by atoms with E-state index in [0.29, 0.717) is 12.6 Å². The zero-order valence-electron chi connectivity index (χ0n) is 6.65. The van der Waals surface area contributed by atoms with Crippen molar-refractivity contribution < 1.29 is 9.59 Å². The zero-order chi connectivity index (χ0) is 8.69. The van der Waals surface area contributed by atoms with Crippen molar-refractivity contribution in [1.82, 2.24) is 4.90 Å². The predicted octanol–water partition coefficient (Wildman–Crippen LogP) is 0.386. The summed E-state index contributed by atoms with van der Waals surface area (Å²) in [5.41, 5.74) is 0.142. The van der Waals surface area contributed by atoms with Crippen LogP contribution in [0.1, 0.15) is 0 Å². The monoisotopic (exact) mass is 153 g/mol. The molecule has 0 aromatic carbocycles. The molecule has 0 aromatic heterocycles. The largest absolute Gasteiger partial charge is 0.383 e. The van der Waals surface area contributed by atoms with Gasteiger partial charge in [0.15, 0.2) is 12.6 Å². The SMILES string of the molecule is CN(C)/C=C/C=C(C=O)C=O. The van der Waals surface area contributed by atoms with E-state index < -0.39 is 0 Å². The van der Waals surface area contributed by atoms with Gasteiger partial charge in [-0.25, -0.2) is 0 Å². The van der Waals surface area contributed by atoms with Crippen LogP contribution in [0.3, 0.4) is 0 Å². The van der Waals surface area contributed by atoms with Crippen molar-refractivity contribution in [2.45, 2.75) is 0 Å². The van der Waals surface area contributed by atoms with E-state index >= 15 is 0 Å². The lowest BCUT2D eigenvalue weighted by Gasteiger charge is -2.00. The second kappa shape index (κ2) is 5.41. The molecule has 0 N–H and O–H groups in total. The summed E-state index contributed by atoms with van der Waals surface area (Å²) in [5, 5.41) is 0. The lowest BCUT2D eigenvalue weighted by molar-refractivity contribution is -0.109. The molecule has 0 fully saturated rings. The predicted molar refractivity (Wildman–Crippen MR) is 43.0 cm³/mol. The molecule has 3 heteroatoms. The molecular formula is C8H11NO2. The average molecular weight is 153 g/mol. The summed E-state index contributed by atoms with van der Waals surface area (Å²) in [6.07, 6.45) is 5.88. The Bertz CT molecular complexity index is 182. The number of carbonyl (C=O) groups excluding carboxylic acids is 2. The van der Waals surface area contributed by atoms with Crippen LogP contribution < -0.4 is 0 Å². The zero-order valence-corrected chi connectivity index (χ0v) is 6.65. The molecule has 0 atom stereocenters. The summed E-state index contributed by atoms with van der Waals surface area (Å²) >= 11 is 0. The van der Waals surface area contributed by atoms with Crippen LogP contribution in [0.15, 0.2) is 23.9 Å². The van der Waals surface area contributed by atoms with Crippen LogP contribution in [0, 0.1) is 0 Å². The highest BCUT2D eigenvalue weighted by atomic mass is 16.1. The van der Waals surface area contributed by atoms with Gasteiger partial charge in [0.2, 0.25) is 0 Å².